The van der Waals surface area contributed by atoms with Crippen molar-refractivity contribution in [3.05, 3.63) is 36.4 Å². The van der Waals surface area contributed by atoms with E-state index in [1.54, 1.807) is 0 Å². The Balaban J connectivity index is 1.69. The molecule has 1 saturated carbocycles. The Labute approximate surface area is 136 Å². The molecule has 0 radical (unpaired) electrons. The highest BCUT2D eigenvalue weighted by atomic mass is 16.5. The highest BCUT2D eigenvalue weighted by Crippen LogP contribution is 2.24. The number of unbranched alkanes of at least 4 members (excludes halogenated alkanes) is 3. The quantitative estimate of drug-likeness (QED) is 0.584. The first kappa shape index (κ1) is 16.9. The van der Waals surface area contributed by atoms with E-state index in [-0.39, 0.29) is 0 Å². The molecule has 1 aromatic rings. The normalized spacial score (nSPS) is 15.0. The van der Waals surface area contributed by atoms with E-state index >= 15 is 0 Å². The Morgan fingerprint density at radius 1 is 1.14 bits per heavy atom. The molecule has 1 N–H and O–H groups in total. The van der Waals surface area contributed by atoms with Crippen molar-refractivity contribution in [3.8, 4) is 5.75 Å². The van der Waals surface area contributed by atoms with Gasteiger partial charge in [-0.1, -0.05) is 45.6 Å². The zero-order chi connectivity index (χ0) is 15.6. The molecule has 0 spiro atoms. The lowest BCUT2D eigenvalue weighted by atomic mass is 10.1. The zero-order valence-electron chi connectivity index (χ0n) is 14.1. The topological polar surface area (TPSA) is 21.3 Å². The van der Waals surface area contributed by atoms with Crippen molar-refractivity contribution in [1.82, 2.24) is 5.32 Å². The van der Waals surface area contributed by atoms with Gasteiger partial charge in [0, 0.05) is 12.2 Å². The van der Waals surface area contributed by atoms with Gasteiger partial charge in [-0.25, -0.2) is 0 Å². The maximum atomic E-state index is 5.78. The molecule has 1 aromatic carbocycles. The van der Waals surface area contributed by atoms with Gasteiger partial charge in [0.05, 0.1) is 6.61 Å². The molecule has 2 rings (SSSR count). The van der Waals surface area contributed by atoms with Gasteiger partial charge in [0.25, 0.3) is 0 Å². The predicted octanol–water partition coefficient (Wildman–Crippen LogP) is 5.40. The minimum Gasteiger partial charge on any atom is -0.494 e. The Morgan fingerprint density at radius 3 is 2.55 bits per heavy atom. The fraction of sp³-hybridized carbons (Fsp3) is 0.600. The third-order valence-corrected chi connectivity index (χ3v) is 4.55. The molecule has 1 aliphatic carbocycles. The van der Waals surface area contributed by atoms with E-state index in [2.05, 4.69) is 43.1 Å². The lowest BCUT2D eigenvalue weighted by molar-refractivity contribution is 0.305. The fourth-order valence-corrected chi connectivity index (χ4v) is 3.06. The molecule has 0 atom stereocenters. The summed E-state index contributed by atoms with van der Waals surface area (Å²) in [5, 5.41) is 3.49. The van der Waals surface area contributed by atoms with Gasteiger partial charge in [-0.2, -0.15) is 0 Å². The van der Waals surface area contributed by atoms with Crippen molar-refractivity contribution in [2.45, 2.75) is 58.3 Å². The van der Waals surface area contributed by atoms with Gasteiger partial charge in [-0.3, -0.25) is 0 Å². The third-order valence-electron chi connectivity index (χ3n) is 4.55. The van der Waals surface area contributed by atoms with Crippen molar-refractivity contribution in [3.63, 3.8) is 0 Å². The molecule has 0 aromatic heterocycles. The lowest BCUT2D eigenvalue weighted by Gasteiger charge is -2.14. The highest BCUT2D eigenvalue weighted by Gasteiger charge is 2.14. The number of nitrogens with one attached hydrogen (secondary N) is 1. The van der Waals surface area contributed by atoms with Crippen LogP contribution in [-0.4, -0.2) is 13.2 Å². The summed E-state index contributed by atoms with van der Waals surface area (Å²) >= 11 is 0. The van der Waals surface area contributed by atoms with Gasteiger partial charge in [0.1, 0.15) is 5.75 Å². The Morgan fingerprint density at radius 2 is 1.86 bits per heavy atom. The average molecular weight is 301 g/mol. The Bertz CT molecular complexity index is 432. The highest BCUT2D eigenvalue weighted by molar-refractivity contribution is 5.62. The molecule has 2 nitrogen and oxygen atoms in total. The molecule has 0 amide bonds. The van der Waals surface area contributed by atoms with Crippen molar-refractivity contribution < 1.29 is 4.74 Å². The second kappa shape index (κ2) is 9.55. The fourth-order valence-electron chi connectivity index (χ4n) is 3.06. The Hall–Kier alpha value is -1.44. The number of ether oxygens (including phenoxy) is 1. The largest absolute Gasteiger partial charge is 0.494 e. The van der Waals surface area contributed by atoms with E-state index < -0.39 is 0 Å². The third kappa shape index (κ3) is 5.75. The summed E-state index contributed by atoms with van der Waals surface area (Å²) in [4.78, 5) is 0. The first-order valence-corrected chi connectivity index (χ1v) is 8.95. The molecule has 0 unspecified atom stereocenters. The van der Waals surface area contributed by atoms with E-state index in [9.17, 15) is 0 Å². The second-order valence-corrected chi connectivity index (χ2v) is 6.44. The van der Waals surface area contributed by atoms with Gasteiger partial charge in [-0.05, 0) is 55.0 Å². The first-order valence-electron chi connectivity index (χ1n) is 8.95. The number of hydrogen-bond donors (Lipinski definition) is 1. The monoisotopic (exact) mass is 301 g/mol. The van der Waals surface area contributed by atoms with Crippen LogP contribution < -0.4 is 10.1 Å². The summed E-state index contributed by atoms with van der Waals surface area (Å²) in [6.07, 6.45) is 10.5. The van der Waals surface area contributed by atoms with Gasteiger partial charge in [0.15, 0.2) is 0 Å². The number of benzene rings is 1. The van der Waals surface area contributed by atoms with E-state index in [4.69, 9.17) is 4.74 Å². The Kier molecular flexibility index (Phi) is 7.35. The number of rotatable bonds is 10. The minimum absolute atomic E-state index is 0.820. The smallest absolute Gasteiger partial charge is 0.119 e. The van der Waals surface area contributed by atoms with Crippen LogP contribution in [0.1, 0.15) is 63.9 Å². The molecular weight excluding hydrogens is 270 g/mol. The summed E-state index contributed by atoms with van der Waals surface area (Å²) in [7, 11) is 0. The van der Waals surface area contributed by atoms with E-state index in [0.717, 1.165) is 42.5 Å². The van der Waals surface area contributed by atoms with Gasteiger partial charge in [-0.15, -0.1) is 0 Å². The molecule has 22 heavy (non-hydrogen) atoms. The average Bonchev–Trinajstić information content (AvgIpc) is 3.06. The van der Waals surface area contributed by atoms with Crippen LogP contribution in [0.4, 0.5) is 0 Å². The van der Waals surface area contributed by atoms with Crippen LogP contribution in [-0.2, 0) is 0 Å². The second-order valence-electron chi connectivity index (χ2n) is 6.44. The minimum atomic E-state index is 0.820. The summed E-state index contributed by atoms with van der Waals surface area (Å²) in [6.45, 7) is 8.27. The van der Waals surface area contributed by atoms with Crippen molar-refractivity contribution in [2.75, 3.05) is 13.2 Å². The van der Waals surface area contributed by atoms with Crippen LogP contribution in [0.5, 0.6) is 5.75 Å². The molecule has 1 fully saturated rings. The molecule has 0 aliphatic heterocycles. The lowest BCUT2D eigenvalue weighted by Crippen LogP contribution is -2.19. The van der Waals surface area contributed by atoms with Gasteiger partial charge < -0.3 is 10.1 Å². The predicted molar refractivity (Wildman–Crippen MR) is 95.1 cm³/mol. The number of hydrogen-bond acceptors (Lipinski definition) is 2. The summed E-state index contributed by atoms with van der Waals surface area (Å²) < 4.78 is 5.78. The van der Waals surface area contributed by atoms with E-state index in [0.29, 0.717) is 0 Å². The van der Waals surface area contributed by atoms with Crippen molar-refractivity contribution in [2.24, 2.45) is 5.92 Å². The van der Waals surface area contributed by atoms with Crippen LogP contribution in [0.25, 0.3) is 5.70 Å². The first-order chi connectivity index (χ1) is 10.8. The molecule has 2 heteroatoms. The molecule has 0 heterocycles. The van der Waals surface area contributed by atoms with E-state index in [1.165, 1.54) is 44.9 Å². The summed E-state index contributed by atoms with van der Waals surface area (Å²) in [5.74, 6) is 1.80. The van der Waals surface area contributed by atoms with Gasteiger partial charge >= 0.3 is 0 Å². The van der Waals surface area contributed by atoms with Crippen LogP contribution >= 0.6 is 0 Å². The van der Waals surface area contributed by atoms with Gasteiger partial charge in [0.2, 0.25) is 0 Å². The molecule has 0 bridgehead atoms. The van der Waals surface area contributed by atoms with Crippen molar-refractivity contribution >= 4 is 5.70 Å². The molecular formula is C20H31NO. The maximum absolute atomic E-state index is 5.78. The van der Waals surface area contributed by atoms with Crippen LogP contribution in [0.15, 0.2) is 30.8 Å². The van der Waals surface area contributed by atoms with Crippen LogP contribution in [0, 0.1) is 5.92 Å². The molecule has 1 aliphatic rings. The maximum Gasteiger partial charge on any atom is 0.119 e. The van der Waals surface area contributed by atoms with Crippen LogP contribution in [0.3, 0.4) is 0 Å². The van der Waals surface area contributed by atoms with Crippen LogP contribution in [0.2, 0.25) is 0 Å². The zero-order valence-corrected chi connectivity index (χ0v) is 14.1. The molecule has 122 valence electrons. The SMILES string of the molecule is C=C(NCC1CCCC1)c1ccc(OCCCCCC)cc1. The summed E-state index contributed by atoms with van der Waals surface area (Å²) in [6, 6.07) is 8.31. The molecule has 0 saturated heterocycles. The standard InChI is InChI=1S/C20H31NO/c1-3-4-5-8-15-22-20-13-11-19(12-14-20)17(2)21-16-18-9-6-7-10-18/h11-14,18,21H,2-10,15-16H2,1H3. The van der Waals surface area contributed by atoms with Crippen molar-refractivity contribution in [1.29, 1.82) is 0 Å². The summed E-state index contributed by atoms with van der Waals surface area (Å²) in [5.41, 5.74) is 2.19. The van der Waals surface area contributed by atoms with E-state index in [1.807, 2.05) is 0 Å².